The minimum absolute atomic E-state index is 0.125. The van der Waals surface area contributed by atoms with Gasteiger partial charge in [-0.2, -0.15) is 0 Å². The van der Waals surface area contributed by atoms with Crippen LogP contribution in [0.15, 0.2) is 24.3 Å². The zero-order chi connectivity index (χ0) is 14.4. The topological polar surface area (TPSA) is 30.5 Å². The summed E-state index contributed by atoms with van der Waals surface area (Å²) in [6.07, 6.45) is 7.31. The van der Waals surface area contributed by atoms with Crippen molar-refractivity contribution in [1.82, 2.24) is 5.32 Å². The van der Waals surface area contributed by atoms with Crippen LogP contribution in [0.1, 0.15) is 50.1 Å². The molecule has 1 unspecified atom stereocenters. The molecule has 0 heterocycles. The summed E-state index contributed by atoms with van der Waals surface area (Å²) >= 11 is 0. The Labute approximate surface area is 122 Å². The van der Waals surface area contributed by atoms with Crippen molar-refractivity contribution in [2.75, 3.05) is 21.3 Å². The lowest BCUT2D eigenvalue weighted by atomic mass is 9.82. The monoisotopic (exact) mass is 277 g/mol. The molecule has 112 valence electrons. The third-order valence-electron chi connectivity index (χ3n) is 4.62. The summed E-state index contributed by atoms with van der Waals surface area (Å²) in [5.41, 5.74) is 1.07. The van der Waals surface area contributed by atoms with Crippen molar-refractivity contribution < 1.29 is 9.47 Å². The van der Waals surface area contributed by atoms with Gasteiger partial charge in [0.15, 0.2) is 0 Å². The third-order valence-corrected chi connectivity index (χ3v) is 4.62. The molecule has 1 aromatic carbocycles. The number of rotatable bonds is 5. The molecule has 0 aromatic heterocycles. The third kappa shape index (κ3) is 2.99. The van der Waals surface area contributed by atoms with Crippen molar-refractivity contribution >= 4 is 0 Å². The average Bonchev–Trinajstić information content (AvgIpc) is 2.75. The van der Waals surface area contributed by atoms with Crippen LogP contribution >= 0.6 is 0 Å². The van der Waals surface area contributed by atoms with E-state index < -0.39 is 0 Å². The first-order chi connectivity index (χ1) is 9.77. The van der Waals surface area contributed by atoms with E-state index in [-0.39, 0.29) is 11.6 Å². The number of hydrogen-bond donors (Lipinski definition) is 1. The Morgan fingerprint density at radius 2 is 1.70 bits per heavy atom. The van der Waals surface area contributed by atoms with Gasteiger partial charge in [-0.3, -0.25) is 0 Å². The van der Waals surface area contributed by atoms with E-state index in [4.69, 9.17) is 9.47 Å². The van der Waals surface area contributed by atoms with E-state index in [1.165, 1.54) is 31.2 Å². The van der Waals surface area contributed by atoms with Crippen LogP contribution in [0.25, 0.3) is 0 Å². The number of para-hydroxylation sites is 1. The van der Waals surface area contributed by atoms with Gasteiger partial charge in [0.25, 0.3) is 0 Å². The normalized spacial score (nSPS) is 20.1. The summed E-state index contributed by atoms with van der Waals surface area (Å²) in [6.45, 7) is 0. The number of ether oxygens (including phenoxy) is 2. The van der Waals surface area contributed by atoms with Crippen LogP contribution < -0.4 is 10.1 Å². The molecule has 1 atom stereocenters. The summed E-state index contributed by atoms with van der Waals surface area (Å²) in [4.78, 5) is 0. The average molecular weight is 277 g/mol. The van der Waals surface area contributed by atoms with E-state index in [2.05, 4.69) is 17.4 Å². The van der Waals surface area contributed by atoms with Crippen LogP contribution in [0.5, 0.6) is 5.75 Å². The highest BCUT2D eigenvalue weighted by molar-refractivity contribution is 5.37. The second kappa shape index (κ2) is 7.09. The van der Waals surface area contributed by atoms with Crippen LogP contribution in [0.4, 0.5) is 0 Å². The Hall–Kier alpha value is -1.06. The summed E-state index contributed by atoms with van der Waals surface area (Å²) < 4.78 is 11.6. The lowest BCUT2D eigenvalue weighted by Gasteiger charge is -2.40. The Morgan fingerprint density at radius 1 is 1.05 bits per heavy atom. The highest BCUT2D eigenvalue weighted by atomic mass is 16.5. The van der Waals surface area contributed by atoms with Crippen molar-refractivity contribution in [3.63, 3.8) is 0 Å². The molecular formula is C17H27NO2. The van der Waals surface area contributed by atoms with Crippen molar-refractivity contribution in [2.45, 2.75) is 50.2 Å². The second-order valence-electron chi connectivity index (χ2n) is 5.65. The molecule has 0 amide bonds. The van der Waals surface area contributed by atoms with Crippen molar-refractivity contribution in [2.24, 2.45) is 0 Å². The number of nitrogens with one attached hydrogen (secondary N) is 1. The van der Waals surface area contributed by atoms with Gasteiger partial charge in [-0.25, -0.2) is 0 Å². The van der Waals surface area contributed by atoms with Crippen molar-refractivity contribution in [3.8, 4) is 5.75 Å². The van der Waals surface area contributed by atoms with Gasteiger partial charge in [0.2, 0.25) is 0 Å². The molecule has 3 nitrogen and oxygen atoms in total. The highest BCUT2D eigenvalue weighted by Gasteiger charge is 2.40. The van der Waals surface area contributed by atoms with Crippen LogP contribution in [0, 0.1) is 0 Å². The lowest BCUT2D eigenvalue weighted by Crippen LogP contribution is -2.44. The maximum absolute atomic E-state index is 6.05. The zero-order valence-electron chi connectivity index (χ0n) is 12.9. The summed E-state index contributed by atoms with van der Waals surface area (Å²) in [5, 5.41) is 3.48. The Bertz CT molecular complexity index is 411. The smallest absolute Gasteiger partial charge is 0.123 e. The molecule has 2 rings (SSSR count). The maximum atomic E-state index is 6.05. The summed E-state index contributed by atoms with van der Waals surface area (Å²) in [5.74, 6) is 0.938. The van der Waals surface area contributed by atoms with Gasteiger partial charge >= 0.3 is 0 Å². The highest BCUT2D eigenvalue weighted by Crippen LogP contribution is 2.42. The van der Waals surface area contributed by atoms with Crippen LogP contribution in [-0.2, 0) is 4.74 Å². The standard InChI is InChI=1S/C17H27NO2/c1-18-16(14-10-6-7-11-15(14)19-2)17(20-3)12-8-4-5-9-13-17/h6-7,10-11,16,18H,4-5,8-9,12-13H2,1-3H3. The molecule has 1 N–H and O–H groups in total. The van der Waals surface area contributed by atoms with E-state index >= 15 is 0 Å². The lowest BCUT2D eigenvalue weighted by molar-refractivity contribution is -0.0527. The first-order valence-electron chi connectivity index (χ1n) is 7.63. The Morgan fingerprint density at radius 3 is 2.25 bits per heavy atom. The number of methoxy groups -OCH3 is 2. The quantitative estimate of drug-likeness (QED) is 0.833. The van der Waals surface area contributed by atoms with Gasteiger partial charge in [-0.1, -0.05) is 43.9 Å². The molecule has 3 heteroatoms. The Kier molecular flexibility index (Phi) is 5.44. The largest absolute Gasteiger partial charge is 0.496 e. The molecule has 0 spiro atoms. The molecule has 0 radical (unpaired) electrons. The van der Waals surface area contributed by atoms with Gasteiger partial charge in [-0.05, 0) is 26.0 Å². The molecule has 1 aliphatic rings. The maximum Gasteiger partial charge on any atom is 0.123 e. The molecule has 1 aliphatic carbocycles. The number of hydrogen-bond acceptors (Lipinski definition) is 3. The van der Waals surface area contributed by atoms with E-state index in [9.17, 15) is 0 Å². The zero-order valence-corrected chi connectivity index (χ0v) is 12.9. The first kappa shape index (κ1) is 15.3. The van der Waals surface area contributed by atoms with E-state index in [1.54, 1.807) is 7.11 Å². The first-order valence-corrected chi connectivity index (χ1v) is 7.63. The summed E-state index contributed by atoms with van der Waals surface area (Å²) in [7, 11) is 5.60. The van der Waals surface area contributed by atoms with Crippen LogP contribution in [-0.4, -0.2) is 26.9 Å². The predicted octanol–water partition coefficient (Wildman–Crippen LogP) is 3.70. The molecular weight excluding hydrogens is 250 g/mol. The summed E-state index contributed by atoms with van der Waals surface area (Å²) in [6, 6.07) is 8.43. The second-order valence-corrected chi connectivity index (χ2v) is 5.65. The number of likely N-dealkylation sites (N-methyl/N-ethyl adjacent to an activating group) is 1. The van der Waals surface area contributed by atoms with Crippen molar-refractivity contribution in [3.05, 3.63) is 29.8 Å². The van der Waals surface area contributed by atoms with Gasteiger partial charge in [-0.15, -0.1) is 0 Å². The SMILES string of the molecule is CNC(c1ccccc1OC)C1(OC)CCCCCC1. The molecule has 20 heavy (non-hydrogen) atoms. The molecule has 1 saturated carbocycles. The molecule has 1 fully saturated rings. The number of benzene rings is 1. The molecule has 1 aromatic rings. The van der Waals surface area contributed by atoms with Gasteiger partial charge < -0.3 is 14.8 Å². The van der Waals surface area contributed by atoms with Crippen LogP contribution in [0.3, 0.4) is 0 Å². The van der Waals surface area contributed by atoms with Gasteiger partial charge in [0.1, 0.15) is 5.75 Å². The van der Waals surface area contributed by atoms with Gasteiger partial charge in [0.05, 0.1) is 18.8 Å². The Balaban J connectivity index is 2.37. The minimum Gasteiger partial charge on any atom is -0.496 e. The minimum atomic E-state index is -0.125. The molecule has 0 aliphatic heterocycles. The molecule has 0 bridgehead atoms. The van der Waals surface area contributed by atoms with Crippen LogP contribution in [0.2, 0.25) is 0 Å². The fourth-order valence-electron chi connectivity index (χ4n) is 3.54. The van der Waals surface area contributed by atoms with E-state index in [0.717, 1.165) is 18.6 Å². The van der Waals surface area contributed by atoms with Crippen molar-refractivity contribution in [1.29, 1.82) is 0 Å². The van der Waals surface area contributed by atoms with E-state index in [1.807, 2.05) is 26.3 Å². The van der Waals surface area contributed by atoms with Gasteiger partial charge in [0, 0.05) is 12.7 Å². The van der Waals surface area contributed by atoms with E-state index in [0.29, 0.717) is 0 Å². The fraction of sp³-hybridized carbons (Fsp3) is 0.647. The molecule has 0 saturated heterocycles. The predicted molar refractivity (Wildman–Crippen MR) is 82.2 cm³/mol. The fourth-order valence-corrected chi connectivity index (χ4v) is 3.54.